The molecule has 0 saturated heterocycles. The van der Waals surface area contributed by atoms with Crippen LogP contribution in [0, 0.1) is 0 Å². The summed E-state index contributed by atoms with van der Waals surface area (Å²) in [5, 5.41) is 6.47. The van der Waals surface area contributed by atoms with Crippen molar-refractivity contribution in [3.63, 3.8) is 0 Å². The predicted octanol–water partition coefficient (Wildman–Crippen LogP) is 3.47. The van der Waals surface area contributed by atoms with Gasteiger partial charge in [-0.3, -0.25) is 0 Å². The van der Waals surface area contributed by atoms with Gasteiger partial charge in [-0.25, -0.2) is 9.97 Å². The van der Waals surface area contributed by atoms with Crippen LogP contribution in [-0.2, 0) is 6.42 Å². The number of hydrogen-bond acceptors (Lipinski definition) is 7. The minimum absolute atomic E-state index is 0.480. The van der Waals surface area contributed by atoms with Crippen LogP contribution >= 0.6 is 0 Å². The molecule has 0 unspecified atom stereocenters. The number of anilines is 4. The van der Waals surface area contributed by atoms with Crippen LogP contribution < -0.4 is 25.8 Å². The molecule has 3 rings (SSSR count). The van der Waals surface area contributed by atoms with E-state index >= 15 is 0 Å². The number of rotatable bonds is 8. The second kappa shape index (κ2) is 8.75. The number of aromatic nitrogens is 2. The van der Waals surface area contributed by atoms with Gasteiger partial charge in [0.25, 0.3) is 0 Å². The molecule has 140 valence electrons. The number of nitrogens with zero attached hydrogens (tertiary/aromatic N) is 2. The SMILES string of the molecule is COc1ccc(CCNc2ncnc(Nc3ccccc3)c2N)cc1OC. The zero-order valence-corrected chi connectivity index (χ0v) is 15.4. The van der Waals surface area contributed by atoms with Crippen LogP contribution in [0.25, 0.3) is 0 Å². The van der Waals surface area contributed by atoms with Crippen molar-refractivity contribution in [2.24, 2.45) is 0 Å². The molecule has 0 atom stereocenters. The first kappa shape index (κ1) is 18.3. The lowest BCUT2D eigenvalue weighted by Crippen LogP contribution is -2.10. The lowest BCUT2D eigenvalue weighted by atomic mass is 10.1. The number of benzene rings is 2. The summed E-state index contributed by atoms with van der Waals surface area (Å²) in [6.45, 7) is 0.668. The third-order valence-corrected chi connectivity index (χ3v) is 4.07. The normalized spacial score (nSPS) is 10.3. The molecule has 0 aliphatic heterocycles. The van der Waals surface area contributed by atoms with E-state index in [4.69, 9.17) is 15.2 Å². The number of nitrogens with one attached hydrogen (secondary N) is 2. The van der Waals surface area contributed by atoms with Crippen molar-refractivity contribution >= 4 is 23.0 Å². The fraction of sp³-hybridized carbons (Fsp3) is 0.200. The van der Waals surface area contributed by atoms with Crippen LogP contribution in [0.2, 0.25) is 0 Å². The van der Waals surface area contributed by atoms with Gasteiger partial charge in [-0.1, -0.05) is 24.3 Å². The number of hydrogen-bond donors (Lipinski definition) is 3. The molecule has 2 aromatic carbocycles. The minimum Gasteiger partial charge on any atom is -0.493 e. The van der Waals surface area contributed by atoms with Gasteiger partial charge < -0.3 is 25.8 Å². The Balaban J connectivity index is 1.64. The van der Waals surface area contributed by atoms with E-state index in [2.05, 4.69) is 20.6 Å². The lowest BCUT2D eigenvalue weighted by molar-refractivity contribution is 0.354. The molecule has 27 heavy (non-hydrogen) atoms. The van der Waals surface area contributed by atoms with E-state index in [-0.39, 0.29) is 0 Å². The molecule has 4 N–H and O–H groups in total. The largest absolute Gasteiger partial charge is 0.493 e. The molecule has 7 nitrogen and oxygen atoms in total. The van der Waals surface area contributed by atoms with E-state index in [1.165, 1.54) is 6.33 Å². The van der Waals surface area contributed by atoms with E-state index in [9.17, 15) is 0 Å². The first-order chi connectivity index (χ1) is 13.2. The summed E-state index contributed by atoms with van der Waals surface area (Å²) < 4.78 is 10.6. The number of nitrogen functional groups attached to an aromatic ring is 1. The summed E-state index contributed by atoms with van der Waals surface area (Å²) in [7, 11) is 3.25. The van der Waals surface area contributed by atoms with Gasteiger partial charge in [0.15, 0.2) is 23.1 Å². The Morgan fingerprint density at radius 3 is 2.41 bits per heavy atom. The number of ether oxygens (including phenoxy) is 2. The predicted molar refractivity (Wildman–Crippen MR) is 108 cm³/mol. The smallest absolute Gasteiger partial charge is 0.160 e. The van der Waals surface area contributed by atoms with E-state index in [0.717, 1.165) is 17.7 Å². The molecule has 0 spiro atoms. The van der Waals surface area contributed by atoms with Crippen LogP contribution in [0.5, 0.6) is 11.5 Å². The van der Waals surface area contributed by atoms with Crippen LogP contribution in [0.1, 0.15) is 5.56 Å². The second-order valence-electron chi connectivity index (χ2n) is 5.84. The van der Waals surface area contributed by atoms with E-state index in [1.54, 1.807) is 14.2 Å². The van der Waals surface area contributed by atoms with Gasteiger partial charge in [-0.15, -0.1) is 0 Å². The van der Waals surface area contributed by atoms with Gasteiger partial charge in [0, 0.05) is 12.2 Å². The third-order valence-electron chi connectivity index (χ3n) is 4.07. The highest BCUT2D eigenvalue weighted by Crippen LogP contribution is 2.28. The molecule has 0 aliphatic carbocycles. The maximum atomic E-state index is 6.21. The molecule has 0 radical (unpaired) electrons. The fourth-order valence-corrected chi connectivity index (χ4v) is 2.66. The maximum Gasteiger partial charge on any atom is 0.160 e. The number of methoxy groups -OCH3 is 2. The van der Waals surface area contributed by atoms with Crippen LogP contribution in [-0.4, -0.2) is 30.7 Å². The molecule has 1 heterocycles. The van der Waals surface area contributed by atoms with Crippen molar-refractivity contribution in [3.05, 3.63) is 60.4 Å². The van der Waals surface area contributed by atoms with Crippen LogP contribution in [0.15, 0.2) is 54.9 Å². The van der Waals surface area contributed by atoms with Gasteiger partial charge in [0.05, 0.1) is 14.2 Å². The molecule has 0 saturated carbocycles. The molecule has 0 amide bonds. The van der Waals surface area contributed by atoms with E-state index < -0.39 is 0 Å². The molecule has 1 aromatic heterocycles. The molecule has 0 aliphatic rings. The van der Waals surface area contributed by atoms with Gasteiger partial charge in [0.1, 0.15) is 12.0 Å². The average Bonchev–Trinajstić information content (AvgIpc) is 2.71. The van der Waals surface area contributed by atoms with Crippen molar-refractivity contribution in [2.75, 3.05) is 37.1 Å². The monoisotopic (exact) mass is 365 g/mol. The van der Waals surface area contributed by atoms with Crippen molar-refractivity contribution < 1.29 is 9.47 Å². The van der Waals surface area contributed by atoms with Gasteiger partial charge in [-0.05, 0) is 36.2 Å². The first-order valence-corrected chi connectivity index (χ1v) is 8.58. The van der Waals surface area contributed by atoms with E-state index in [1.807, 2.05) is 48.5 Å². The Morgan fingerprint density at radius 2 is 1.67 bits per heavy atom. The summed E-state index contributed by atoms with van der Waals surface area (Å²) in [6, 6.07) is 15.6. The zero-order valence-electron chi connectivity index (χ0n) is 15.4. The molecule has 0 fully saturated rings. The van der Waals surface area contributed by atoms with Gasteiger partial charge in [-0.2, -0.15) is 0 Å². The quantitative estimate of drug-likeness (QED) is 0.562. The molecular formula is C20H23N5O2. The molecule has 0 bridgehead atoms. The summed E-state index contributed by atoms with van der Waals surface area (Å²) in [5.74, 6) is 2.60. The number of nitrogens with two attached hydrogens (primary N) is 1. The Morgan fingerprint density at radius 1 is 0.926 bits per heavy atom. The van der Waals surface area contributed by atoms with Crippen molar-refractivity contribution in [1.29, 1.82) is 0 Å². The Labute approximate surface area is 158 Å². The molecule has 3 aromatic rings. The standard InChI is InChI=1S/C20H23N5O2/c1-26-16-9-8-14(12-17(16)27-2)10-11-22-19-18(21)20(24-13-23-19)25-15-6-4-3-5-7-15/h3-9,12-13H,10-11,21H2,1-2H3,(H2,22,23,24,25). The highest BCUT2D eigenvalue weighted by atomic mass is 16.5. The topological polar surface area (TPSA) is 94.3 Å². The molecular weight excluding hydrogens is 342 g/mol. The van der Waals surface area contributed by atoms with Crippen molar-refractivity contribution in [1.82, 2.24) is 9.97 Å². The maximum absolute atomic E-state index is 6.21. The summed E-state index contributed by atoms with van der Waals surface area (Å²) in [5.41, 5.74) is 8.72. The first-order valence-electron chi connectivity index (χ1n) is 8.58. The van der Waals surface area contributed by atoms with Crippen LogP contribution in [0.4, 0.5) is 23.0 Å². The summed E-state index contributed by atoms with van der Waals surface area (Å²) >= 11 is 0. The van der Waals surface area contributed by atoms with Crippen molar-refractivity contribution in [3.8, 4) is 11.5 Å². The highest BCUT2D eigenvalue weighted by Gasteiger charge is 2.09. The number of para-hydroxylation sites is 1. The zero-order chi connectivity index (χ0) is 19.1. The Bertz CT molecular complexity index is 887. The molecule has 7 heteroatoms. The Kier molecular flexibility index (Phi) is 5.94. The third kappa shape index (κ3) is 4.58. The highest BCUT2D eigenvalue weighted by molar-refractivity contribution is 5.77. The average molecular weight is 365 g/mol. The van der Waals surface area contributed by atoms with Crippen molar-refractivity contribution in [2.45, 2.75) is 6.42 Å². The van der Waals surface area contributed by atoms with Gasteiger partial charge in [0.2, 0.25) is 0 Å². The van der Waals surface area contributed by atoms with Crippen LogP contribution in [0.3, 0.4) is 0 Å². The van der Waals surface area contributed by atoms with E-state index in [0.29, 0.717) is 35.4 Å². The summed E-state index contributed by atoms with van der Waals surface area (Å²) in [6.07, 6.45) is 2.27. The minimum atomic E-state index is 0.480. The second-order valence-corrected chi connectivity index (χ2v) is 5.84. The van der Waals surface area contributed by atoms with Gasteiger partial charge >= 0.3 is 0 Å². The Hall–Kier alpha value is -3.48. The lowest BCUT2D eigenvalue weighted by Gasteiger charge is -2.13. The fourth-order valence-electron chi connectivity index (χ4n) is 2.66. The summed E-state index contributed by atoms with van der Waals surface area (Å²) in [4.78, 5) is 8.47.